The molecule has 1 aromatic rings. The maximum atomic E-state index is 4.25. The van der Waals surface area contributed by atoms with Gasteiger partial charge in [0.05, 0.1) is 0 Å². The monoisotopic (exact) mass is 219 g/mol. The van der Waals surface area contributed by atoms with Crippen LogP contribution in [0.25, 0.3) is 0 Å². The molecular formula is C9H11BY+. The molecule has 0 aromatic heterocycles. The van der Waals surface area contributed by atoms with Crippen molar-refractivity contribution < 1.29 is 32.7 Å². The fourth-order valence-electron chi connectivity index (χ4n) is 0.604. The van der Waals surface area contributed by atoms with Crippen molar-refractivity contribution in [2.45, 2.75) is 13.8 Å². The summed E-state index contributed by atoms with van der Waals surface area (Å²) in [4.78, 5) is 0. The summed E-state index contributed by atoms with van der Waals surface area (Å²) in [6, 6.07) is 9.12. The van der Waals surface area contributed by atoms with Crippen LogP contribution in [0.1, 0.15) is 11.1 Å². The molecule has 1 rings (SSSR count). The zero-order valence-electron chi connectivity index (χ0n) is 7.09. The largest absolute Gasteiger partial charge is 3.00 e. The molecule has 0 N–H and O–H groups in total. The molecule has 0 heterocycles. The molecule has 0 amide bonds. The van der Waals surface area contributed by atoms with Gasteiger partial charge in [-0.2, -0.15) is 43.2 Å². The van der Waals surface area contributed by atoms with Gasteiger partial charge in [-0.1, -0.05) is 13.8 Å². The van der Waals surface area contributed by atoms with Crippen LogP contribution in [0, 0.1) is 26.7 Å². The van der Waals surface area contributed by atoms with E-state index in [9.17, 15) is 0 Å². The van der Waals surface area contributed by atoms with Crippen molar-refractivity contribution >= 4 is 7.85 Å². The molecule has 0 unspecified atom stereocenters. The van der Waals surface area contributed by atoms with Gasteiger partial charge in [-0.15, -0.1) is 0 Å². The first-order valence-electron chi connectivity index (χ1n) is 3.15. The van der Waals surface area contributed by atoms with Crippen LogP contribution in [0.15, 0.2) is 18.2 Å². The Kier molecular flexibility index (Phi) is 10.8. The van der Waals surface area contributed by atoms with Gasteiger partial charge in [0.15, 0.2) is 0 Å². The van der Waals surface area contributed by atoms with Gasteiger partial charge < -0.3 is 6.82 Å². The molecule has 0 atom stereocenters. The van der Waals surface area contributed by atoms with Crippen LogP contribution >= 0.6 is 0 Å². The van der Waals surface area contributed by atoms with Gasteiger partial charge in [0.1, 0.15) is 0 Å². The Bertz CT molecular complexity index is 166. The van der Waals surface area contributed by atoms with Gasteiger partial charge in [0, 0.05) is 0 Å². The number of hydrogen-bond donors (Lipinski definition) is 0. The van der Waals surface area contributed by atoms with E-state index in [0.29, 0.717) is 0 Å². The average molecular weight is 219 g/mol. The number of hydrogen-bond acceptors (Lipinski definition) is 0. The van der Waals surface area contributed by atoms with E-state index in [4.69, 9.17) is 0 Å². The summed E-state index contributed by atoms with van der Waals surface area (Å²) in [6.45, 7) is 6.90. The first-order valence-corrected chi connectivity index (χ1v) is 3.15. The number of benzene rings is 1. The summed E-state index contributed by atoms with van der Waals surface area (Å²) >= 11 is 0. The smallest absolute Gasteiger partial charge is 0.382 e. The van der Waals surface area contributed by atoms with Crippen LogP contribution in [0.4, 0.5) is 0 Å². The normalized spacial score (nSPS) is 7.18. The van der Waals surface area contributed by atoms with E-state index in [2.05, 4.69) is 40.6 Å². The van der Waals surface area contributed by atoms with Crippen molar-refractivity contribution in [3.63, 3.8) is 0 Å². The molecule has 1 aromatic carbocycles. The Morgan fingerprint density at radius 1 is 1.36 bits per heavy atom. The van der Waals surface area contributed by atoms with Crippen LogP contribution in [0.2, 0.25) is 0 Å². The molecule has 0 bridgehead atoms. The van der Waals surface area contributed by atoms with Gasteiger partial charge in [0.25, 0.3) is 0 Å². The van der Waals surface area contributed by atoms with Crippen molar-refractivity contribution in [2.75, 3.05) is 0 Å². The van der Waals surface area contributed by atoms with Crippen LogP contribution in [-0.2, 0) is 32.7 Å². The Morgan fingerprint density at radius 2 is 1.91 bits per heavy atom. The molecule has 0 saturated heterocycles. The average Bonchev–Trinajstić information content (AvgIpc) is 2.00. The maximum Gasteiger partial charge on any atom is 3.00 e. The van der Waals surface area contributed by atoms with Gasteiger partial charge >= 0.3 is 32.7 Å². The van der Waals surface area contributed by atoms with E-state index in [1.807, 2.05) is 12.1 Å². The standard InChI is InChI=1S/C8H9.CH2B.Y/c1-7-5-3-4-6-8(7)2;1-2;/h3-5H,1-2H3;1H2;/q2*-1;+3. The minimum atomic E-state index is 0. The third-order valence-corrected chi connectivity index (χ3v) is 1.33. The molecule has 0 spiro atoms. The molecule has 11 heavy (non-hydrogen) atoms. The van der Waals surface area contributed by atoms with Crippen LogP contribution in [0.5, 0.6) is 0 Å². The first-order chi connectivity index (χ1) is 4.80. The van der Waals surface area contributed by atoms with E-state index in [0.717, 1.165) is 0 Å². The van der Waals surface area contributed by atoms with Gasteiger partial charge in [-0.05, 0) is 0 Å². The first kappa shape index (κ1) is 13.9. The second kappa shape index (κ2) is 8.49. The van der Waals surface area contributed by atoms with E-state index in [1.165, 1.54) is 11.1 Å². The number of rotatable bonds is 0. The summed E-state index contributed by atoms with van der Waals surface area (Å²) in [5.41, 5.74) is 2.56. The fraction of sp³-hybridized carbons (Fsp3) is 0.222. The zero-order chi connectivity index (χ0) is 7.98. The molecule has 0 saturated carbocycles. The second-order valence-electron chi connectivity index (χ2n) is 1.98. The SMILES string of the molecule is Cc1[c-]cccc1C.[B][CH2-].[Y+3]. The molecular weight excluding hydrogens is 208 g/mol. The third kappa shape index (κ3) is 5.64. The molecule has 0 aliphatic heterocycles. The van der Waals surface area contributed by atoms with Gasteiger partial charge in [-0.25, -0.2) is 0 Å². The summed E-state index contributed by atoms with van der Waals surface area (Å²) in [6.07, 6.45) is 0. The Hall–Kier alpha value is 0.389. The zero-order valence-corrected chi connectivity index (χ0v) is 9.93. The minimum absolute atomic E-state index is 0. The molecule has 52 valence electrons. The van der Waals surface area contributed by atoms with Gasteiger partial charge in [0.2, 0.25) is 0 Å². The number of aryl methyl sites for hydroxylation is 2. The van der Waals surface area contributed by atoms with Crippen LogP contribution in [0.3, 0.4) is 0 Å². The molecule has 2 heteroatoms. The maximum absolute atomic E-state index is 4.25. The van der Waals surface area contributed by atoms with E-state index in [-0.39, 0.29) is 32.7 Å². The minimum Gasteiger partial charge on any atom is -0.382 e. The summed E-state index contributed by atoms with van der Waals surface area (Å²) < 4.78 is 0. The predicted molar refractivity (Wildman–Crippen MR) is 45.9 cm³/mol. The van der Waals surface area contributed by atoms with E-state index in [1.54, 1.807) is 0 Å². The van der Waals surface area contributed by atoms with Crippen molar-refractivity contribution in [1.82, 2.24) is 0 Å². The molecule has 2 radical (unpaired) electrons. The summed E-state index contributed by atoms with van der Waals surface area (Å²) in [7, 11) is 4.25. The Balaban J connectivity index is 0. The Morgan fingerprint density at radius 3 is 2.18 bits per heavy atom. The van der Waals surface area contributed by atoms with E-state index >= 15 is 0 Å². The third-order valence-electron chi connectivity index (χ3n) is 1.33. The van der Waals surface area contributed by atoms with Crippen molar-refractivity contribution in [3.8, 4) is 0 Å². The fourth-order valence-corrected chi connectivity index (χ4v) is 0.604. The van der Waals surface area contributed by atoms with Crippen molar-refractivity contribution in [1.29, 1.82) is 0 Å². The quantitative estimate of drug-likeness (QED) is 0.462. The predicted octanol–water partition coefficient (Wildman–Crippen LogP) is 2.05. The van der Waals surface area contributed by atoms with Crippen LogP contribution in [-0.4, -0.2) is 7.85 Å². The van der Waals surface area contributed by atoms with Gasteiger partial charge in [-0.3, -0.25) is 0 Å². The molecule has 0 aliphatic rings. The molecule has 0 nitrogen and oxygen atoms in total. The second-order valence-corrected chi connectivity index (χ2v) is 1.98. The summed E-state index contributed by atoms with van der Waals surface area (Å²) in [5.74, 6) is 0. The van der Waals surface area contributed by atoms with E-state index < -0.39 is 0 Å². The summed E-state index contributed by atoms with van der Waals surface area (Å²) in [5, 5.41) is 0. The van der Waals surface area contributed by atoms with Crippen LogP contribution < -0.4 is 0 Å². The molecule has 0 aliphatic carbocycles. The molecule has 0 fully saturated rings. The van der Waals surface area contributed by atoms with Crippen molar-refractivity contribution in [3.05, 3.63) is 42.2 Å². The topological polar surface area (TPSA) is 0 Å². The Labute approximate surface area is 96.1 Å². The van der Waals surface area contributed by atoms with Crippen molar-refractivity contribution in [2.24, 2.45) is 0 Å².